The van der Waals surface area contributed by atoms with E-state index in [2.05, 4.69) is 5.32 Å². The molecule has 0 aliphatic carbocycles. The largest absolute Gasteiger partial charge is 0.467 e. The van der Waals surface area contributed by atoms with E-state index >= 15 is 0 Å². The van der Waals surface area contributed by atoms with Crippen molar-refractivity contribution >= 4 is 5.97 Å². The molecule has 1 N–H and O–H groups in total. The minimum absolute atomic E-state index is 0.285. The third-order valence-electron chi connectivity index (χ3n) is 2.96. The Kier molecular flexibility index (Phi) is 5.82. The molecule has 4 nitrogen and oxygen atoms in total. The SMILES string of the molecule is CCNC(CCOC)(C(=O)OC)c1ccccc1. The van der Waals surface area contributed by atoms with E-state index in [1.54, 1.807) is 7.11 Å². The van der Waals surface area contributed by atoms with Crippen LogP contribution in [0.15, 0.2) is 30.3 Å². The van der Waals surface area contributed by atoms with E-state index in [1.165, 1.54) is 7.11 Å². The van der Waals surface area contributed by atoms with Crippen molar-refractivity contribution in [3.63, 3.8) is 0 Å². The van der Waals surface area contributed by atoms with Crippen molar-refractivity contribution in [1.82, 2.24) is 5.32 Å². The molecule has 1 aromatic rings. The Morgan fingerprint density at radius 2 is 1.94 bits per heavy atom. The van der Waals surface area contributed by atoms with E-state index in [1.807, 2.05) is 37.3 Å². The summed E-state index contributed by atoms with van der Waals surface area (Å²) in [4.78, 5) is 12.2. The molecule has 4 heteroatoms. The summed E-state index contributed by atoms with van der Waals surface area (Å²) < 4.78 is 10.1. The molecule has 0 radical (unpaired) electrons. The van der Waals surface area contributed by atoms with E-state index in [4.69, 9.17) is 9.47 Å². The van der Waals surface area contributed by atoms with Crippen molar-refractivity contribution in [2.45, 2.75) is 18.9 Å². The van der Waals surface area contributed by atoms with E-state index in [0.29, 0.717) is 19.6 Å². The van der Waals surface area contributed by atoms with Gasteiger partial charge in [0.2, 0.25) is 0 Å². The fourth-order valence-electron chi connectivity index (χ4n) is 2.08. The molecular formula is C14H21NO3. The summed E-state index contributed by atoms with van der Waals surface area (Å²) in [6, 6.07) is 9.60. The third kappa shape index (κ3) is 3.09. The van der Waals surface area contributed by atoms with Gasteiger partial charge in [0.15, 0.2) is 0 Å². The van der Waals surface area contributed by atoms with Crippen LogP contribution in [-0.4, -0.2) is 33.3 Å². The molecule has 0 saturated heterocycles. The van der Waals surface area contributed by atoms with Gasteiger partial charge in [-0.3, -0.25) is 5.32 Å². The first-order valence-electron chi connectivity index (χ1n) is 6.09. The number of esters is 1. The molecule has 0 aliphatic rings. The van der Waals surface area contributed by atoms with Gasteiger partial charge in [-0.05, 0) is 12.1 Å². The molecule has 0 aromatic heterocycles. The first-order chi connectivity index (χ1) is 8.71. The van der Waals surface area contributed by atoms with Crippen LogP contribution in [0.4, 0.5) is 0 Å². The highest BCUT2D eigenvalue weighted by Gasteiger charge is 2.40. The van der Waals surface area contributed by atoms with Gasteiger partial charge < -0.3 is 9.47 Å². The van der Waals surface area contributed by atoms with Crippen molar-refractivity contribution < 1.29 is 14.3 Å². The van der Waals surface area contributed by atoms with E-state index in [-0.39, 0.29) is 5.97 Å². The van der Waals surface area contributed by atoms with Gasteiger partial charge in [0.1, 0.15) is 5.54 Å². The number of ether oxygens (including phenoxy) is 2. The van der Waals surface area contributed by atoms with Crippen LogP contribution in [0.2, 0.25) is 0 Å². The first kappa shape index (κ1) is 14.7. The molecule has 0 bridgehead atoms. The van der Waals surface area contributed by atoms with Crippen molar-refractivity contribution in [2.75, 3.05) is 27.4 Å². The average Bonchev–Trinajstić information content (AvgIpc) is 2.43. The Hall–Kier alpha value is -1.39. The van der Waals surface area contributed by atoms with Gasteiger partial charge in [0.05, 0.1) is 7.11 Å². The molecule has 1 unspecified atom stereocenters. The fraction of sp³-hybridized carbons (Fsp3) is 0.500. The van der Waals surface area contributed by atoms with E-state index in [0.717, 1.165) is 5.56 Å². The Labute approximate surface area is 108 Å². The zero-order valence-electron chi connectivity index (χ0n) is 11.2. The summed E-state index contributed by atoms with van der Waals surface area (Å²) in [5, 5.41) is 3.24. The van der Waals surface area contributed by atoms with Crippen LogP contribution < -0.4 is 5.32 Å². The van der Waals surface area contributed by atoms with Crippen LogP contribution >= 0.6 is 0 Å². The van der Waals surface area contributed by atoms with Gasteiger partial charge in [0.25, 0.3) is 0 Å². The molecule has 0 fully saturated rings. The van der Waals surface area contributed by atoms with Gasteiger partial charge in [-0.25, -0.2) is 4.79 Å². The monoisotopic (exact) mass is 251 g/mol. The predicted molar refractivity (Wildman–Crippen MR) is 70.3 cm³/mol. The van der Waals surface area contributed by atoms with E-state index in [9.17, 15) is 4.79 Å². The summed E-state index contributed by atoms with van der Waals surface area (Å²) in [6.07, 6.45) is 0.536. The molecule has 0 spiro atoms. The lowest BCUT2D eigenvalue weighted by Gasteiger charge is -2.32. The first-order valence-corrected chi connectivity index (χ1v) is 6.09. The Bertz CT molecular complexity index is 367. The predicted octanol–water partition coefficient (Wildman–Crippen LogP) is 1.70. The van der Waals surface area contributed by atoms with Gasteiger partial charge in [-0.1, -0.05) is 37.3 Å². The number of methoxy groups -OCH3 is 2. The van der Waals surface area contributed by atoms with Gasteiger partial charge >= 0.3 is 5.97 Å². The second-order valence-corrected chi connectivity index (χ2v) is 4.04. The van der Waals surface area contributed by atoms with Crippen LogP contribution in [-0.2, 0) is 19.8 Å². The van der Waals surface area contributed by atoms with Crippen LogP contribution in [0.5, 0.6) is 0 Å². The molecule has 1 rings (SSSR count). The number of hydrogen-bond donors (Lipinski definition) is 1. The summed E-state index contributed by atoms with van der Waals surface area (Å²) in [5.41, 5.74) is 0.0663. The fourth-order valence-corrected chi connectivity index (χ4v) is 2.08. The number of nitrogens with one attached hydrogen (secondary N) is 1. The lowest BCUT2D eigenvalue weighted by molar-refractivity contribution is -0.150. The number of carbonyl (C=O) groups is 1. The molecule has 0 saturated carbocycles. The van der Waals surface area contributed by atoms with Gasteiger partial charge in [0, 0.05) is 20.1 Å². The highest BCUT2D eigenvalue weighted by molar-refractivity contribution is 5.82. The molecule has 0 heterocycles. The lowest BCUT2D eigenvalue weighted by atomic mass is 9.86. The highest BCUT2D eigenvalue weighted by atomic mass is 16.5. The second-order valence-electron chi connectivity index (χ2n) is 4.04. The Balaban J connectivity index is 3.15. The van der Waals surface area contributed by atoms with Crippen molar-refractivity contribution in [3.8, 4) is 0 Å². The quantitative estimate of drug-likeness (QED) is 0.749. The van der Waals surface area contributed by atoms with Crippen LogP contribution in [0.25, 0.3) is 0 Å². The molecular weight excluding hydrogens is 230 g/mol. The number of rotatable bonds is 7. The van der Waals surface area contributed by atoms with Crippen LogP contribution in [0, 0.1) is 0 Å². The standard InChI is InChI=1S/C14H21NO3/c1-4-15-14(10-11-17-2,13(16)18-3)12-8-6-5-7-9-12/h5-9,15H,4,10-11H2,1-3H3. The Morgan fingerprint density at radius 3 is 2.44 bits per heavy atom. The second kappa shape index (κ2) is 7.13. The number of hydrogen-bond acceptors (Lipinski definition) is 4. The smallest absolute Gasteiger partial charge is 0.330 e. The average molecular weight is 251 g/mol. The van der Waals surface area contributed by atoms with Crippen molar-refractivity contribution in [2.24, 2.45) is 0 Å². The molecule has 100 valence electrons. The summed E-state index contributed by atoms with van der Waals surface area (Å²) in [6.45, 7) is 3.12. The molecule has 0 amide bonds. The molecule has 1 aromatic carbocycles. The number of likely N-dealkylation sites (N-methyl/N-ethyl adjacent to an activating group) is 1. The van der Waals surface area contributed by atoms with Crippen molar-refractivity contribution in [1.29, 1.82) is 0 Å². The minimum atomic E-state index is -0.833. The minimum Gasteiger partial charge on any atom is -0.467 e. The van der Waals surface area contributed by atoms with Crippen LogP contribution in [0.3, 0.4) is 0 Å². The summed E-state index contributed by atoms with van der Waals surface area (Å²) >= 11 is 0. The maximum atomic E-state index is 12.2. The highest BCUT2D eigenvalue weighted by Crippen LogP contribution is 2.26. The Morgan fingerprint density at radius 1 is 1.28 bits per heavy atom. The number of benzene rings is 1. The number of carbonyl (C=O) groups excluding carboxylic acids is 1. The van der Waals surface area contributed by atoms with Gasteiger partial charge in [-0.15, -0.1) is 0 Å². The molecule has 18 heavy (non-hydrogen) atoms. The summed E-state index contributed by atoms with van der Waals surface area (Å²) in [5.74, 6) is -0.285. The molecule has 1 atom stereocenters. The van der Waals surface area contributed by atoms with Crippen LogP contribution in [0.1, 0.15) is 18.9 Å². The molecule has 0 aliphatic heterocycles. The normalized spacial score (nSPS) is 13.9. The summed E-state index contributed by atoms with van der Waals surface area (Å²) in [7, 11) is 3.03. The van der Waals surface area contributed by atoms with Gasteiger partial charge in [-0.2, -0.15) is 0 Å². The topological polar surface area (TPSA) is 47.6 Å². The zero-order chi connectivity index (χ0) is 13.4. The van der Waals surface area contributed by atoms with E-state index < -0.39 is 5.54 Å². The van der Waals surface area contributed by atoms with Crippen molar-refractivity contribution in [3.05, 3.63) is 35.9 Å². The third-order valence-corrected chi connectivity index (χ3v) is 2.96. The maximum absolute atomic E-state index is 12.2. The zero-order valence-corrected chi connectivity index (χ0v) is 11.2. The maximum Gasteiger partial charge on any atom is 0.330 e. The lowest BCUT2D eigenvalue weighted by Crippen LogP contribution is -2.50.